The highest BCUT2D eigenvalue weighted by Gasteiger charge is 2.38. The standard InChI is InChI=1S/C21H20F3N5O.C2HF3O2/c1-29-9-7-13-17-16(27-20(25)28-19(17)26-8-4-10-30)11-14(18(13)29)12-5-2-3-6-15(12)21(22,23)24;3-2(4,5)1(6)7/h2-3,5-7,9,11,30H,4,8,10H2,1H3,(H3,25,26,27,28);(H,6,7). The number of rotatable bonds is 5. The molecule has 0 saturated carbocycles. The largest absolute Gasteiger partial charge is 0.490 e. The number of hydrogen-bond acceptors (Lipinski definition) is 6. The molecule has 0 aliphatic carbocycles. The lowest BCUT2D eigenvalue weighted by Crippen LogP contribution is -2.21. The quantitative estimate of drug-likeness (QED) is 0.216. The van der Waals surface area contributed by atoms with Crippen LogP contribution in [0.1, 0.15) is 12.0 Å². The molecule has 0 amide bonds. The van der Waals surface area contributed by atoms with Crippen LogP contribution in [-0.4, -0.2) is 50.0 Å². The van der Waals surface area contributed by atoms with Crippen LogP contribution in [0.4, 0.5) is 38.1 Å². The Bertz CT molecular complexity index is 1430. The van der Waals surface area contributed by atoms with Crippen LogP contribution in [0.25, 0.3) is 32.9 Å². The normalized spacial score (nSPS) is 11.9. The number of aliphatic carboxylic acids is 1. The van der Waals surface area contributed by atoms with Crippen molar-refractivity contribution in [1.29, 1.82) is 0 Å². The molecule has 2 aromatic carbocycles. The van der Waals surface area contributed by atoms with Crippen LogP contribution in [0.2, 0.25) is 0 Å². The molecule has 4 rings (SSSR count). The second kappa shape index (κ2) is 10.5. The highest BCUT2D eigenvalue weighted by Crippen LogP contribution is 2.42. The number of carboxylic acids is 1. The summed E-state index contributed by atoms with van der Waals surface area (Å²) in [5.41, 5.74) is 6.73. The SMILES string of the molecule is Cn1ccc2c3c(NCCCO)nc(N)nc3cc(-c3ccccc3C(F)(F)F)c21.O=C(O)C(F)(F)F. The summed E-state index contributed by atoms with van der Waals surface area (Å²) < 4.78 is 74.6. The van der Waals surface area contributed by atoms with E-state index in [9.17, 15) is 26.3 Å². The number of nitrogens with one attached hydrogen (secondary N) is 1. The fourth-order valence-electron chi connectivity index (χ4n) is 3.72. The Kier molecular flexibility index (Phi) is 7.81. The molecule has 37 heavy (non-hydrogen) atoms. The number of carbonyl (C=O) groups is 1. The van der Waals surface area contributed by atoms with Crippen LogP contribution in [0.15, 0.2) is 42.6 Å². The summed E-state index contributed by atoms with van der Waals surface area (Å²) in [5, 5.41) is 20.7. The van der Waals surface area contributed by atoms with Gasteiger partial charge >= 0.3 is 18.3 Å². The van der Waals surface area contributed by atoms with Gasteiger partial charge in [-0.25, -0.2) is 9.78 Å². The monoisotopic (exact) mass is 529 g/mol. The zero-order valence-corrected chi connectivity index (χ0v) is 19.2. The molecule has 0 saturated heterocycles. The summed E-state index contributed by atoms with van der Waals surface area (Å²) in [5.74, 6) is -2.26. The fourth-order valence-corrected chi connectivity index (χ4v) is 3.72. The molecule has 0 fully saturated rings. The summed E-state index contributed by atoms with van der Waals surface area (Å²) in [4.78, 5) is 17.5. The van der Waals surface area contributed by atoms with Gasteiger partial charge in [-0.2, -0.15) is 31.3 Å². The molecule has 0 bridgehead atoms. The fraction of sp³-hybridized carbons (Fsp3) is 0.261. The van der Waals surface area contributed by atoms with Gasteiger partial charge in [0.25, 0.3) is 0 Å². The topological polar surface area (TPSA) is 126 Å². The summed E-state index contributed by atoms with van der Waals surface area (Å²) >= 11 is 0. The van der Waals surface area contributed by atoms with E-state index in [-0.39, 0.29) is 18.1 Å². The Morgan fingerprint density at radius 1 is 1.08 bits per heavy atom. The lowest BCUT2D eigenvalue weighted by Gasteiger charge is -2.17. The maximum absolute atomic E-state index is 13.7. The van der Waals surface area contributed by atoms with Crippen molar-refractivity contribution < 1.29 is 41.4 Å². The van der Waals surface area contributed by atoms with Gasteiger partial charge in [0.1, 0.15) is 5.82 Å². The van der Waals surface area contributed by atoms with Crippen molar-refractivity contribution in [2.45, 2.75) is 18.8 Å². The van der Waals surface area contributed by atoms with Crippen LogP contribution in [0.3, 0.4) is 0 Å². The number of anilines is 2. The number of carboxylic acid groups (broad SMARTS) is 1. The first-order valence-electron chi connectivity index (χ1n) is 10.6. The van der Waals surface area contributed by atoms with E-state index in [0.717, 1.165) is 6.07 Å². The molecule has 5 N–H and O–H groups in total. The minimum atomic E-state index is -5.08. The molecule has 0 atom stereocenters. The van der Waals surface area contributed by atoms with Gasteiger partial charge < -0.3 is 25.8 Å². The molecule has 0 aliphatic rings. The van der Waals surface area contributed by atoms with Crippen molar-refractivity contribution in [3.63, 3.8) is 0 Å². The van der Waals surface area contributed by atoms with Gasteiger partial charge in [-0.05, 0) is 30.2 Å². The third kappa shape index (κ3) is 6.02. The number of aliphatic hydroxyl groups excluding tert-OH is 1. The van der Waals surface area contributed by atoms with Crippen molar-refractivity contribution in [3.8, 4) is 11.1 Å². The van der Waals surface area contributed by atoms with Gasteiger partial charge in [-0.3, -0.25) is 0 Å². The number of aliphatic hydroxyl groups is 1. The van der Waals surface area contributed by atoms with Crippen molar-refractivity contribution in [2.24, 2.45) is 7.05 Å². The molecule has 0 unspecified atom stereocenters. The summed E-state index contributed by atoms with van der Waals surface area (Å²) in [6, 6.07) is 8.94. The molecule has 0 radical (unpaired) electrons. The first-order valence-corrected chi connectivity index (χ1v) is 10.6. The van der Waals surface area contributed by atoms with Crippen molar-refractivity contribution in [2.75, 3.05) is 24.2 Å². The number of fused-ring (bicyclic) bond motifs is 3. The Hall–Kier alpha value is -4.07. The van der Waals surface area contributed by atoms with E-state index in [1.807, 2.05) is 6.07 Å². The van der Waals surface area contributed by atoms with Crippen molar-refractivity contribution >= 4 is 39.5 Å². The second-order valence-corrected chi connectivity index (χ2v) is 7.79. The van der Waals surface area contributed by atoms with Gasteiger partial charge in [0, 0.05) is 37.3 Å². The number of nitrogens with zero attached hydrogens (tertiary/aromatic N) is 3. The zero-order valence-electron chi connectivity index (χ0n) is 19.2. The van der Waals surface area contributed by atoms with Crippen LogP contribution in [-0.2, 0) is 18.0 Å². The smallest absolute Gasteiger partial charge is 0.475 e. The average molecular weight is 529 g/mol. The Balaban J connectivity index is 0.000000479. The van der Waals surface area contributed by atoms with Crippen LogP contribution < -0.4 is 11.1 Å². The number of hydrogen-bond donors (Lipinski definition) is 4. The maximum Gasteiger partial charge on any atom is 0.490 e. The van der Waals surface area contributed by atoms with Gasteiger partial charge in [0.05, 0.1) is 22.0 Å². The number of aryl methyl sites for hydroxylation is 1. The minimum absolute atomic E-state index is 0.0133. The van der Waals surface area contributed by atoms with Gasteiger partial charge in [0.15, 0.2) is 0 Å². The summed E-state index contributed by atoms with van der Waals surface area (Å²) in [7, 11) is 1.78. The number of halogens is 6. The molecule has 0 aliphatic heterocycles. The van der Waals surface area contributed by atoms with E-state index in [1.165, 1.54) is 12.1 Å². The first kappa shape index (κ1) is 27.5. The van der Waals surface area contributed by atoms with E-state index in [0.29, 0.717) is 46.2 Å². The number of alkyl halides is 6. The molecular formula is C23H21F6N5O3. The van der Waals surface area contributed by atoms with Crippen LogP contribution in [0.5, 0.6) is 0 Å². The van der Waals surface area contributed by atoms with E-state index in [2.05, 4.69) is 15.3 Å². The summed E-state index contributed by atoms with van der Waals surface area (Å²) in [6.07, 6.45) is -7.28. The third-order valence-corrected chi connectivity index (χ3v) is 5.22. The van der Waals surface area contributed by atoms with Gasteiger partial charge in [0.2, 0.25) is 5.95 Å². The average Bonchev–Trinajstić information content (AvgIpc) is 3.19. The van der Waals surface area contributed by atoms with Crippen LogP contribution in [0, 0.1) is 0 Å². The van der Waals surface area contributed by atoms with Crippen LogP contribution >= 0.6 is 0 Å². The minimum Gasteiger partial charge on any atom is -0.475 e. The Morgan fingerprint density at radius 3 is 2.32 bits per heavy atom. The predicted molar refractivity (Wildman–Crippen MR) is 125 cm³/mol. The number of nitrogen functional groups attached to an aromatic ring is 1. The molecule has 8 nitrogen and oxygen atoms in total. The van der Waals surface area contributed by atoms with E-state index in [4.69, 9.17) is 20.7 Å². The molecule has 198 valence electrons. The van der Waals surface area contributed by atoms with E-state index in [1.54, 1.807) is 29.9 Å². The lowest BCUT2D eigenvalue weighted by atomic mass is 9.95. The molecule has 14 heteroatoms. The van der Waals surface area contributed by atoms with Gasteiger partial charge in [-0.1, -0.05) is 18.2 Å². The molecule has 2 aromatic heterocycles. The molecule has 0 spiro atoms. The van der Waals surface area contributed by atoms with Crippen molar-refractivity contribution in [1.82, 2.24) is 14.5 Å². The van der Waals surface area contributed by atoms with Gasteiger partial charge in [-0.15, -0.1) is 0 Å². The van der Waals surface area contributed by atoms with E-state index >= 15 is 0 Å². The highest BCUT2D eigenvalue weighted by molar-refractivity contribution is 6.16. The predicted octanol–water partition coefficient (Wildman–Crippen LogP) is 4.82. The molecule has 2 heterocycles. The lowest BCUT2D eigenvalue weighted by molar-refractivity contribution is -0.192. The number of aromatic nitrogens is 3. The molecular weight excluding hydrogens is 508 g/mol. The Morgan fingerprint density at radius 2 is 1.73 bits per heavy atom. The molecule has 4 aromatic rings. The maximum atomic E-state index is 13.7. The zero-order chi connectivity index (χ0) is 27.5. The number of benzene rings is 2. The summed E-state index contributed by atoms with van der Waals surface area (Å²) in [6.45, 7) is 0.486. The Labute approximate surface area is 205 Å². The third-order valence-electron chi connectivity index (χ3n) is 5.22. The highest BCUT2D eigenvalue weighted by atomic mass is 19.4. The second-order valence-electron chi connectivity index (χ2n) is 7.79. The first-order chi connectivity index (χ1) is 17.3. The number of nitrogens with two attached hydrogens (primary N) is 1. The van der Waals surface area contributed by atoms with E-state index < -0.39 is 23.9 Å². The van der Waals surface area contributed by atoms with Crippen molar-refractivity contribution in [3.05, 3.63) is 48.2 Å².